The van der Waals surface area contributed by atoms with Gasteiger partial charge in [-0.25, -0.2) is 8.42 Å². The zero-order valence-corrected chi connectivity index (χ0v) is 13.6. The summed E-state index contributed by atoms with van der Waals surface area (Å²) in [7, 11) is -3.39. The Morgan fingerprint density at radius 2 is 1.86 bits per heavy atom. The molecule has 1 aromatic carbocycles. The maximum atomic E-state index is 12.8. The Balaban J connectivity index is 2.17. The van der Waals surface area contributed by atoms with Crippen LogP contribution < -0.4 is 0 Å². The fourth-order valence-electron chi connectivity index (χ4n) is 2.34. The van der Waals surface area contributed by atoms with Gasteiger partial charge in [0.25, 0.3) is 0 Å². The van der Waals surface area contributed by atoms with Gasteiger partial charge in [0.15, 0.2) is 0 Å². The van der Waals surface area contributed by atoms with Gasteiger partial charge in [-0.2, -0.15) is 4.31 Å². The summed E-state index contributed by atoms with van der Waals surface area (Å²) in [5, 5.41) is 8.91. The van der Waals surface area contributed by atoms with Crippen molar-refractivity contribution in [3.63, 3.8) is 0 Å². The van der Waals surface area contributed by atoms with Gasteiger partial charge in [-0.1, -0.05) is 26.0 Å². The first-order valence-corrected chi connectivity index (χ1v) is 9.11. The maximum absolute atomic E-state index is 12.8. The molecule has 0 aliphatic heterocycles. The number of rotatable bonds is 8. The molecule has 0 spiro atoms. The third-order valence-electron chi connectivity index (χ3n) is 3.81. The molecule has 0 bridgehead atoms. The van der Waals surface area contributed by atoms with E-state index in [9.17, 15) is 8.42 Å². The highest BCUT2D eigenvalue weighted by atomic mass is 32.2. The average molecular weight is 311 g/mol. The summed E-state index contributed by atoms with van der Waals surface area (Å²) in [4.78, 5) is 0.361. The summed E-state index contributed by atoms with van der Waals surface area (Å²) in [6.07, 6.45) is 3.39. The van der Waals surface area contributed by atoms with Crippen LogP contribution in [0, 0.1) is 5.92 Å². The van der Waals surface area contributed by atoms with Crippen molar-refractivity contribution in [3.8, 4) is 0 Å². The summed E-state index contributed by atoms with van der Waals surface area (Å²) in [5.41, 5.74) is 0.955. The number of benzene rings is 1. The second-order valence-corrected chi connectivity index (χ2v) is 8.04. The van der Waals surface area contributed by atoms with Gasteiger partial charge < -0.3 is 5.11 Å². The molecule has 21 heavy (non-hydrogen) atoms. The highest BCUT2D eigenvalue weighted by Gasteiger charge is 2.37. The van der Waals surface area contributed by atoms with Gasteiger partial charge in [-0.15, -0.1) is 0 Å². The Hall–Kier alpha value is -0.910. The van der Waals surface area contributed by atoms with E-state index in [0.717, 1.165) is 24.8 Å². The summed E-state index contributed by atoms with van der Waals surface area (Å²) in [5.74, 6) is 0.494. The van der Waals surface area contributed by atoms with Crippen molar-refractivity contribution in [3.05, 3.63) is 29.8 Å². The van der Waals surface area contributed by atoms with Crippen LogP contribution in [0.5, 0.6) is 0 Å². The van der Waals surface area contributed by atoms with Crippen LogP contribution in [0.4, 0.5) is 0 Å². The number of sulfonamides is 1. The van der Waals surface area contributed by atoms with Crippen LogP contribution in [-0.4, -0.2) is 37.0 Å². The molecule has 0 heterocycles. The fraction of sp³-hybridized carbons (Fsp3) is 0.625. The summed E-state index contributed by atoms with van der Waals surface area (Å²) >= 11 is 0. The van der Waals surface area contributed by atoms with Crippen LogP contribution >= 0.6 is 0 Å². The minimum atomic E-state index is -3.39. The van der Waals surface area contributed by atoms with Gasteiger partial charge in [0.2, 0.25) is 10.0 Å². The molecule has 0 saturated heterocycles. The van der Waals surface area contributed by atoms with Crippen molar-refractivity contribution >= 4 is 10.0 Å². The van der Waals surface area contributed by atoms with Crippen molar-refractivity contribution in [2.24, 2.45) is 5.92 Å². The lowest BCUT2D eigenvalue weighted by Gasteiger charge is -2.23. The highest BCUT2D eigenvalue weighted by molar-refractivity contribution is 7.89. The zero-order valence-electron chi connectivity index (χ0n) is 12.8. The largest absolute Gasteiger partial charge is 0.396 e. The first kappa shape index (κ1) is 16.5. The maximum Gasteiger partial charge on any atom is 0.243 e. The minimum Gasteiger partial charge on any atom is -0.396 e. The van der Waals surface area contributed by atoms with Gasteiger partial charge in [0.05, 0.1) is 4.90 Å². The van der Waals surface area contributed by atoms with Gasteiger partial charge in [-0.3, -0.25) is 0 Å². The predicted octanol–water partition coefficient (Wildman–Crippen LogP) is 2.42. The molecule has 0 amide bonds. The minimum absolute atomic E-state index is 0.0781. The lowest BCUT2D eigenvalue weighted by molar-refractivity contribution is 0.299. The number of aliphatic hydroxyl groups excluding tert-OH is 1. The fourth-order valence-corrected chi connectivity index (χ4v) is 4.04. The lowest BCUT2D eigenvalue weighted by Crippen LogP contribution is -2.34. The molecule has 0 aromatic heterocycles. The van der Waals surface area contributed by atoms with E-state index in [-0.39, 0.29) is 12.6 Å². The molecule has 1 N–H and O–H groups in total. The molecule has 4 nitrogen and oxygen atoms in total. The SMILES string of the molecule is CC(C)CCN(C1CC1)S(=O)(=O)c1ccc(CCO)cc1. The molecule has 1 aliphatic rings. The third kappa shape index (κ3) is 4.28. The van der Waals surface area contributed by atoms with E-state index in [0.29, 0.717) is 23.8 Å². The van der Waals surface area contributed by atoms with Gasteiger partial charge in [0, 0.05) is 19.2 Å². The first-order valence-electron chi connectivity index (χ1n) is 7.67. The Kier molecular flexibility index (Phi) is 5.41. The predicted molar refractivity (Wildman–Crippen MR) is 83.6 cm³/mol. The molecular formula is C16H25NO3S. The van der Waals surface area contributed by atoms with Crippen LogP contribution in [0.2, 0.25) is 0 Å². The van der Waals surface area contributed by atoms with Crippen LogP contribution in [0.3, 0.4) is 0 Å². The highest BCUT2D eigenvalue weighted by Crippen LogP contribution is 2.32. The van der Waals surface area contributed by atoms with E-state index in [4.69, 9.17) is 5.11 Å². The second-order valence-electron chi connectivity index (χ2n) is 6.15. The molecule has 0 atom stereocenters. The Bertz CT molecular complexity index is 547. The van der Waals surface area contributed by atoms with Crippen LogP contribution in [-0.2, 0) is 16.4 Å². The van der Waals surface area contributed by atoms with Crippen molar-refractivity contribution in [2.45, 2.75) is 50.5 Å². The molecule has 0 radical (unpaired) electrons. The van der Waals surface area contributed by atoms with E-state index in [1.54, 1.807) is 28.6 Å². The molecule has 0 unspecified atom stereocenters. The quantitative estimate of drug-likeness (QED) is 0.802. The van der Waals surface area contributed by atoms with Crippen molar-refractivity contribution in [2.75, 3.05) is 13.2 Å². The number of aliphatic hydroxyl groups is 1. The molecule has 1 saturated carbocycles. The van der Waals surface area contributed by atoms with Crippen molar-refractivity contribution < 1.29 is 13.5 Å². The van der Waals surface area contributed by atoms with E-state index in [1.165, 1.54) is 0 Å². The van der Waals surface area contributed by atoms with Gasteiger partial charge in [-0.05, 0) is 49.3 Å². The second kappa shape index (κ2) is 6.90. The molecule has 118 valence electrons. The molecule has 1 fully saturated rings. The summed E-state index contributed by atoms with van der Waals surface area (Å²) in [6.45, 7) is 4.90. The van der Waals surface area contributed by atoms with E-state index in [2.05, 4.69) is 13.8 Å². The van der Waals surface area contributed by atoms with E-state index >= 15 is 0 Å². The van der Waals surface area contributed by atoms with Gasteiger partial charge >= 0.3 is 0 Å². The number of hydrogen-bond acceptors (Lipinski definition) is 3. The number of hydrogen-bond donors (Lipinski definition) is 1. The standard InChI is InChI=1S/C16H25NO3S/c1-13(2)9-11-17(15-5-6-15)21(19,20)16-7-3-14(4-8-16)10-12-18/h3-4,7-8,13,15,18H,5-6,9-12H2,1-2H3. The Morgan fingerprint density at radius 1 is 1.24 bits per heavy atom. The molecular weight excluding hydrogens is 286 g/mol. The Morgan fingerprint density at radius 3 is 2.33 bits per heavy atom. The average Bonchev–Trinajstić information content (AvgIpc) is 3.24. The van der Waals surface area contributed by atoms with E-state index < -0.39 is 10.0 Å². The third-order valence-corrected chi connectivity index (χ3v) is 5.78. The van der Waals surface area contributed by atoms with Crippen LogP contribution in [0.25, 0.3) is 0 Å². The van der Waals surface area contributed by atoms with Crippen LogP contribution in [0.1, 0.15) is 38.7 Å². The monoisotopic (exact) mass is 311 g/mol. The number of nitrogens with zero attached hydrogens (tertiary/aromatic N) is 1. The normalized spacial score (nSPS) is 15.9. The molecule has 5 heteroatoms. The lowest BCUT2D eigenvalue weighted by atomic mass is 10.1. The van der Waals surface area contributed by atoms with Crippen molar-refractivity contribution in [1.82, 2.24) is 4.31 Å². The smallest absolute Gasteiger partial charge is 0.243 e. The first-order chi connectivity index (χ1) is 9.95. The van der Waals surface area contributed by atoms with Crippen LogP contribution in [0.15, 0.2) is 29.2 Å². The zero-order chi connectivity index (χ0) is 15.5. The molecule has 2 rings (SSSR count). The molecule has 1 aliphatic carbocycles. The van der Waals surface area contributed by atoms with Gasteiger partial charge in [0.1, 0.15) is 0 Å². The topological polar surface area (TPSA) is 57.6 Å². The molecule has 1 aromatic rings. The summed E-state index contributed by atoms with van der Waals surface area (Å²) < 4.78 is 27.2. The Labute approximate surface area is 127 Å². The van der Waals surface area contributed by atoms with Crippen molar-refractivity contribution in [1.29, 1.82) is 0 Å². The van der Waals surface area contributed by atoms with E-state index in [1.807, 2.05) is 0 Å². The summed E-state index contributed by atoms with van der Waals surface area (Å²) in [6, 6.07) is 7.08.